The first-order valence-electron chi connectivity index (χ1n) is 4.84. The number of hydrogen-bond donors (Lipinski definition) is 1. The Morgan fingerprint density at radius 1 is 1.47 bits per heavy atom. The van der Waals surface area contributed by atoms with Gasteiger partial charge in [0.15, 0.2) is 0 Å². The SMILES string of the molecule is CC(C)Oc1ccc(C(N)=O)cc1[CH]=[Ru]([Cl])[Cl]. The minimum absolute atomic E-state index is 0.0351. The van der Waals surface area contributed by atoms with E-state index < -0.39 is 19.4 Å². The van der Waals surface area contributed by atoms with Gasteiger partial charge in [-0.05, 0) is 0 Å². The van der Waals surface area contributed by atoms with Crippen LogP contribution in [0, 0.1) is 0 Å². The van der Waals surface area contributed by atoms with E-state index in [1.165, 1.54) is 0 Å². The van der Waals surface area contributed by atoms with Crippen LogP contribution in [-0.4, -0.2) is 16.6 Å². The Morgan fingerprint density at radius 2 is 2.12 bits per heavy atom. The average molecular weight is 363 g/mol. The Kier molecular flexibility index (Phi) is 5.58. The summed E-state index contributed by atoms with van der Waals surface area (Å²) in [6, 6.07) is 4.97. The van der Waals surface area contributed by atoms with Gasteiger partial charge in [0.25, 0.3) is 0 Å². The van der Waals surface area contributed by atoms with Crippen molar-refractivity contribution < 1.29 is 23.0 Å². The van der Waals surface area contributed by atoms with Crippen LogP contribution in [0.3, 0.4) is 0 Å². The van der Waals surface area contributed by atoms with E-state index in [1.54, 1.807) is 22.8 Å². The van der Waals surface area contributed by atoms with Crippen molar-refractivity contribution in [1.29, 1.82) is 0 Å². The van der Waals surface area contributed by atoms with Crippen molar-refractivity contribution in [3.8, 4) is 5.75 Å². The number of carbonyl (C=O) groups is 1. The summed E-state index contributed by atoms with van der Waals surface area (Å²) in [6.07, 6.45) is 0.0351. The van der Waals surface area contributed by atoms with Crippen molar-refractivity contribution in [2.75, 3.05) is 0 Å². The molecule has 2 N–H and O–H groups in total. The molecular weight excluding hydrogens is 350 g/mol. The van der Waals surface area contributed by atoms with Gasteiger partial charge in [-0.3, -0.25) is 0 Å². The van der Waals surface area contributed by atoms with Crippen LogP contribution in [-0.2, 0) is 13.5 Å². The molecule has 1 aromatic rings. The number of carbonyl (C=O) groups excluding carboxylic acids is 1. The van der Waals surface area contributed by atoms with Crippen LogP contribution in [0.1, 0.15) is 29.8 Å². The number of halogens is 2. The van der Waals surface area contributed by atoms with Crippen LogP contribution in [0.2, 0.25) is 0 Å². The number of amides is 1. The normalized spacial score (nSPS) is 11.2. The Labute approximate surface area is 113 Å². The Hall–Kier alpha value is -0.437. The van der Waals surface area contributed by atoms with Gasteiger partial charge in [0.2, 0.25) is 0 Å². The van der Waals surface area contributed by atoms with Crippen LogP contribution in [0.5, 0.6) is 5.75 Å². The first-order valence-corrected chi connectivity index (χ1v) is 10.3. The molecule has 6 heteroatoms. The summed E-state index contributed by atoms with van der Waals surface area (Å²) in [4.78, 5) is 11.1. The zero-order valence-electron chi connectivity index (χ0n) is 9.39. The summed E-state index contributed by atoms with van der Waals surface area (Å²) in [6.45, 7) is 3.84. The minimum atomic E-state index is -1.98. The van der Waals surface area contributed by atoms with Crippen LogP contribution in [0.25, 0.3) is 0 Å². The molecule has 0 aliphatic rings. The topological polar surface area (TPSA) is 52.3 Å². The third-order valence-electron chi connectivity index (χ3n) is 1.84. The monoisotopic (exact) mass is 363 g/mol. The number of hydrogen-bond acceptors (Lipinski definition) is 2. The summed E-state index contributed by atoms with van der Waals surface area (Å²) >= 11 is -1.98. The second-order valence-electron chi connectivity index (χ2n) is 3.59. The second kappa shape index (κ2) is 6.48. The van der Waals surface area contributed by atoms with Crippen molar-refractivity contribution in [3.63, 3.8) is 0 Å². The Balaban J connectivity index is 3.21. The second-order valence-corrected chi connectivity index (χ2v) is 9.32. The third kappa shape index (κ3) is 4.75. The Morgan fingerprint density at radius 3 is 2.59 bits per heavy atom. The number of benzene rings is 1. The van der Waals surface area contributed by atoms with Gasteiger partial charge in [0.1, 0.15) is 0 Å². The number of nitrogens with two attached hydrogens (primary N) is 1. The molecule has 3 nitrogen and oxygen atoms in total. The maximum absolute atomic E-state index is 11.1. The van der Waals surface area contributed by atoms with E-state index in [1.807, 2.05) is 13.8 Å². The molecule has 0 unspecified atom stereocenters. The summed E-state index contributed by atoms with van der Waals surface area (Å²) in [5.74, 6) is 0.170. The van der Waals surface area contributed by atoms with Gasteiger partial charge < -0.3 is 0 Å². The van der Waals surface area contributed by atoms with Gasteiger partial charge in [-0.1, -0.05) is 0 Å². The van der Waals surface area contributed by atoms with Crippen LogP contribution < -0.4 is 10.5 Å². The first kappa shape index (κ1) is 14.6. The van der Waals surface area contributed by atoms with E-state index in [9.17, 15) is 4.79 Å². The summed E-state index contributed by atoms with van der Waals surface area (Å²) in [5.41, 5.74) is 6.35. The molecule has 0 heterocycles. The molecule has 0 aromatic heterocycles. The Bertz CT molecular complexity index is 457. The third-order valence-corrected chi connectivity index (χ3v) is 3.68. The number of ether oxygens (including phenoxy) is 1. The van der Waals surface area contributed by atoms with Gasteiger partial charge in [-0.25, -0.2) is 0 Å². The number of primary amides is 1. The van der Waals surface area contributed by atoms with Crippen molar-refractivity contribution in [2.24, 2.45) is 5.73 Å². The molecule has 0 saturated carbocycles. The molecule has 0 fully saturated rings. The van der Waals surface area contributed by atoms with Gasteiger partial charge >= 0.3 is 114 Å². The summed E-state index contributed by atoms with van der Waals surface area (Å²) < 4.78 is 7.34. The van der Waals surface area contributed by atoms with E-state index in [0.29, 0.717) is 11.3 Å². The quantitative estimate of drug-likeness (QED) is 0.837. The summed E-state index contributed by atoms with van der Waals surface area (Å²) in [5, 5.41) is 0. The fraction of sp³-hybridized carbons (Fsp3) is 0.273. The predicted octanol–water partition coefficient (Wildman–Crippen LogP) is 2.65. The molecular formula is C11H13Cl2NO2Ru. The van der Waals surface area contributed by atoms with E-state index in [2.05, 4.69) is 0 Å². The van der Waals surface area contributed by atoms with E-state index >= 15 is 0 Å². The predicted molar refractivity (Wildman–Crippen MR) is 67.6 cm³/mol. The summed E-state index contributed by atoms with van der Waals surface area (Å²) in [7, 11) is 11.7. The average Bonchev–Trinajstić information content (AvgIpc) is 2.18. The van der Waals surface area contributed by atoms with Crippen molar-refractivity contribution in [2.45, 2.75) is 20.0 Å². The zero-order chi connectivity index (χ0) is 13.0. The van der Waals surface area contributed by atoms with Crippen LogP contribution in [0.4, 0.5) is 0 Å². The molecule has 1 amide bonds. The van der Waals surface area contributed by atoms with Crippen LogP contribution >= 0.6 is 19.4 Å². The fourth-order valence-corrected chi connectivity index (χ4v) is 3.01. The van der Waals surface area contributed by atoms with E-state index in [4.69, 9.17) is 29.9 Å². The molecule has 1 rings (SSSR count). The molecule has 0 spiro atoms. The molecule has 0 aliphatic heterocycles. The number of rotatable bonds is 4. The van der Waals surface area contributed by atoms with Gasteiger partial charge in [0, 0.05) is 0 Å². The molecule has 0 aliphatic carbocycles. The van der Waals surface area contributed by atoms with Gasteiger partial charge in [-0.2, -0.15) is 0 Å². The maximum atomic E-state index is 11.1. The van der Waals surface area contributed by atoms with Gasteiger partial charge in [-0.15, -0.1) is 0 Å². The molecule has 96 valence electrons. The molecule has 0 radical (unpaired) electrons. The fourth-order valence-electron chi connectivity index (χ4n) is 1.23. The zero-order valence-corrected chi connectivity index (χ0v) is 12.6. The standard InChI is InChI=1S/C11H13NO2.2ClH.Ru/c1-7(2)14-10-5-4-9(11(12)13)6-8(10)3;;;/h3-7H,1-2H3,(H2,12,13);2*1H;/q;;;+2/p-2. The first-order chi connectivity index (χ1) is 7.90. The molecule has 1 aromatic carbocycles. The van der Waals surface area contributed by atoms with Crippen molar-refractivity contribution in [1.82, 2.24) is 0 Å². The molecule has 0 saturated heterocycles. The van der Waals surface area contributed by atoms with Crippen molar-refractivity contribution >= 4 is 29.9 Å². The van der Waals surface area contributed by atoms with Crippen molar-refractivity contribution in [3.05, 3.63) is 29.3 Å². The molecule has 0 bridgehead atoms. The van der Waals surface area contributed by atoms with Crippen LogP contribution in [0.15, 0.2) is 18.2 Å². The van der Waals surface area contributed by atoms with E-state index in [-0.39, 0.29) is 6.10 Å². The molecule has 0 atom stereocenters. The molecule has 17 heavy (non-hydrogen) atoms. The van der Waals surface area contributed by atoms with E-state index in [0.717, 1.165) is 5.56 Å². The van der Waals surface area contributed by atoms with Gasteiger partial charge in [0.05, 0.1) is 0 Å².